The van der Waals surface area contributed by atoms with Crippen LogP contribution in [0.25, 0.3) is 38.7 Å². The summed E-state index contributed by atoms with van der Waals surface area (Å²) in [5.41, 5.74) is 3.77. The fourth-order valence-corrected chi connectivity index (χ4v) is 4.38. The molecule has 0 N–H and O–H groups in total. The third-order valence-electron chi connectivity index (χ3n) is 4.06. The van der Waals surface area contributed by atoms with E-state index in [1.807, 2.05) is 64.5 Å². The zero-order valence-corrected chi connectivity index (χ0v) is 16.4. The van der Waals surface area contributed by atoms with Gasteiger partial charge in [0.05, 0.1) is 26.6 Å². The number of para-hydroxylation sites is 2. The first kappa shape index (κ1) is 15.9. The maximum atomic E-state index is 6.55. The van der Waals surface area contributed by atoms with Gasteiger partial charge in [0.2, 0.25) is 0 Å². The summed E-state index contributed by atoms with van der Waals surface area (Å²) in [7, 11) is 0. The van der Waals surface area contributed by atoms with Crippen molar-refractivity contribution >= 4 is 61.2 Å². The van der Waals surface area contributed by atoms with Gasteiger partial charge in [-0.1, -0.05) is 45.7 Å². The Labute approximate surface area is 166 Å². The first-order chi connectivity index (χ1) is 12.7. The molecule has 0 amide bonds. The number of aromatic nitrogens is 4. The third kappa shape index (κ3) is 2.53. The molecule has 0 saturated carbocycles. The van der Waals surface area contributed by atoms with Crippen LogP contribution in [-0.2, 0) is 0 Å². The second-order valence-corrected chi connectivity index (χ2v) is 7.97. The van der Waals surface area contributed by atoms with E-state index in [4.69, 9.17) is 26.6 Å². The van der Waals surface area contributed by atoms with Crippen LogP contribution in [0.5, 0.6) is 0 Å². The summed E-state index contributed by atoms with van der Waals surface area (Å²) in [4.78, 5) is 15.3. The van der Waals surface area contributed by atoms with Crippen molar-refractivity contribution in [1.29, 1.82) is 0 Å². The van der Waals surface area contributed by atoms with Crippen LogP contribution in [-0.4, -0.2) is 19.5 Å². The van der Waals surface area contributed by atoms with Crippen LogP contribution < -0.4 is 0 Å². The van der Waals surface area contributed by atoms with Crippen LogP contribution in [0, 0.1) is 0 Å². The Morgan fingerprint density at radius 3 is 2.46 bits per heavy atom. The molecule has 0 spiro atoms. The molecule has 126 valence electrons. The monoisotopic (exact) mass is 440 g/mol. The fourth-order valence-electron chi connectivity index (χ4n) is 2.92. The van der Waals surface area contributed by atoms with E-state index in [9.17, 15) is 0 Å². The van der Waals surface area contributed by atoms with Crippen LogP contribution in [0.1, 0.15) is 0 Å². The van der Waals surface area contributed by atoms with Crippen molar-refractivity contribution in [2.45, 2.75) is 0 Å². The van der Waals surface area contributed by atoms with Gasteiger partial charge in [-0.15, -0.1) is 11.3 Å². The lowest BCUT2D eigenvalue weighted by Crippen LogP contribution is -1.99. The summed E-state index contributed by atoms with van der Waals surface area (Å²) < 4.78 is 2.90. The number of nitrogens with zero attached hydrogens (tertiary/aromatic N) is 4. The molecule has 3 aromatic heterocycles. The van der Waals surface area contributed by atoms with Crippen LogP contribution in [0.4, 0.5) is 0 Å². The van der Waals surface area contributed by atoms with Gasteiger partial charge in [0.1, 0.15) is 0 Å². The summed E-state index contributed by atoms with van der Waals surface area (Å²) in [6.45, 7) is 0. The third-order valence-corrected chi connectivity index (χ3v) is 5.72. The molecule has 0 bridgehead atoms. The van der Waals surface area contributed by atoms with Gasteiger partial charge in [-0.05, 0) is 41.8 Å². The van der Waals surface area contributed by atoms with Crippen molar-refractivity contribution in [2.24, 2.45) is 0 Å². The predicted octanol–water partition coefficient (Wildman–Crippen LogP) is 6.11. The highest BCUT2D eigenvalue weighted by molar-refractivity contribution is 9.10. The van der Waals surface area contributed by atoms with E-state index in [1.54, 1.807) is 11.3 Å². The van der Waals surface area contributed by atoms with Gasteiger partial charge >= 0.3 is 0 Å². The Hall–Kier alpha value is -2.28. The number of fused-ring (bicyclic) bond motifs is 2. The highest BCUT2D eigenvalue weighted by atomic mass is 79.9. The largest absolute Gasteiger partial charge is 0.273 e. The van der Waals surface area contributed by atoms with Gasteiger partial charge < -0.3 is 0 Å². The van der Waals surface area contributed by atoms with Gasteiger partial charge in [-0.2, -0.15) is 0 Å². The topological polar surface area (TPSA) is 43.6 Å². The SMILES string of the molecule is Clc1cc(Br)ccc1-n1c(-c2cccs2)nc2nc3ccccc3nc21. The van der Waals surface area contributed by atoms with Crippen LogP contribution in [0.2, 0.25) is 5.02 Å². The molecule has 0 fully saturated rings. The quantitative estimate of drug-likeness (QED) is 0.332. The lowest BCUT2D eigenvalue weighted by molar-refractivity contribution is 1.09. The molecule has 3 heterocycles. The molecule has 0 aliphatic heterocycles. The Kier molecular flexibility index (Phi) is 3.77. The molecular formula is C19H10BrClN4S. The number of hydrogen-bond donors (Lipinski definition) is 0. The van der Waals surface area contributed by atoms with Crippen molar-refractivity contribution in [3.05, 3.63) is 69.5 Å². The Morgan fingerprint density at radius 2 is 1.73 bits per heavy atom. The smallest absolute Gasteiger partial charge is 0.199 e. The molecule has 4 nitrogen and oxygen atoms in total. The number of hydrogen-bond acceptors (Lipinski definition) is 4. The molecule has 2 aromatic carbocycles. The molecule has 26 heavy (non-hydrogen) atoms. The second-order valence-electron chi connectivity index (χ2n) is 5.70. The van der Waals surface area contributed by atoms with E-state index in [0.29, 0.717) is 16.3 Å². The highest BCUT2D eigenvalue weighted by Gasteiger charge is 2.19. The first-order valence-electron chi connectivity index (χ1n) is 7.85. The van der Waals surface area contributed by atoms with Crippen LogP contribution >= 0.6 is 38.9 Å². The molecule has 0 saturated heterocycles. The average molecular weight is 442 g/mol. The summed E-state index contributed by atoms with van der Waals surface area (Å²) in [6, 6.07) is 17.6. The minimum Gasteiger partial charge on any atom is -0.273 e. The molecular weight excluding hydrogens is 432 g/mol. The number of rotatable bonds is 2. The van der Waals surface area contributed by atoms with Crippen molar-refractivity contribution in [3.8, 4) is 16.4 Å². The van der Waals surface area contributed by atoms with Crippen molar-refractivity contribution in [1.82, 2.24) is 19.5 Å². The molecule has 5 rings (SSSR count). The maximum Gasteiger partial charge on any atom is 0.199 e. The van der Waals surface area contributed by atoms with Gasteiger partial charge in [-0.25, -0.2) is 15.0 Å². The van der Waals surface area contributed by atoms with Crippen LogP contribution in [0.15, 0.2) is 64.5 Å². The van der Waals surface area contributed by atoms with Gasteiger partial charge in [0.25, 0.3) is 0 Å². The summed E-state index contributed by atoms with van der Waals surface area (Å²) in [5, 5.41) is 2.64. The summed E-state index contributed by atoms with van der Waals surface area (Å²) in [6.07, 6.45) is 0. The molecule has 0 radical (unpaired) electrons. The zero-order chi connectivity index (χ0) is 17.7. The lowest BCUT2D eigenvalue weighted by atomic mass is 10.3. The van der Waals surface area contributed by atoms with Crippen LogP contribution in [0.3, 0.4) is 0 Å². The van der Waals surface area contributed by atoms with E-state index < -0.39 is 0 Å². The van der Waals surface area contributed by atoms with Gasteiger partial charge in [0.15, 0.2) is 17.1 Å². The zero-order valence-electron chi connectivity index (χ0n) is 13.2. The molecule has 0 aliphatic carbocycles. The van der Waals surface area contributed by atoms with E-state index in [2.05, 4.69) is 15.9 Å². The van der Waals surface area contributed by atoms with E-state index in [-0.39, 0.29) is 0 Å². The molecule has 5 aromatic rings. The van der Waals surface area contributed by atoms with Crippen molar-refractivity contribution in [3.63, 3.8) is 0 Å². The fraction of sp³-hybridized carbons (Fsp3) is 0. The Bertz CT molecular complexity index is 1260. The number of thiophene rings is 1. The molecule has 0 unspecified atom stereocenters. The van der Waals surface area contributed by atoms with Crippen molar-refractivity contribution in [2.75, 3.05) is 0 Å². The summed E-state index contributed by atoms with van der Waals surface area (Å²) in [5.74, 6) is 0.787. The normalized spacial score (nSPS) is 11.5. The van der Waals surface area contributed by atoms with Gasteiger partial charge in [-0.3, -0.25) is 4.57 Å². The summed E-state index contributed by atoms with van der Waals surface area (Å²) >= 11 is 11.6. The Balaban J connectivity index is 1.91. The number of benzene rings is 2. The minimum absolute atomic E-state index is 0.603. The Morgan fingerprint density at radius 1 is 0.923 bits per heavy atom. The first-order valence-corrected chi connectivity index (χ1v) is 9.90. The molecule has 7 heteroatoms. The molecule has 0 aliphatic rings. The van der Waals surface area contributed by atoms with E-state index in [0.717, 1.165) is 31.9 Å². The lowest BCUT2D eigenvalue weighted by Gasteiger charge is -2.10. The minimum atomic E-state index is 0.603. The highest BCUT2D eigenvalue weighted by Crippen LogP contribution is 2.34. The van der Waals surface area contributed by atoms with Gasteiger partial charge in [0, 0.05) is 4.47 Å². The van der Waals surface area contributed by atoms with Crippen molar-refractivity contribution < 1.29 is 0 Å². The van der Waals surface area contributed by atoms with E-state index in [1.165, 1.54) is 0 Å². The second kappa shape index (κ2) is 6.16. The number of imidazole rings is 1. The number of halogens is 2. The average Bonchev–Trinajstić information content (AvgIpc) is 3.27. The maximum absolute atomic E-state index is 6.55. The molecule has 0 atom stereocenters. The predicted molar refractivity (Wildman–Crippen MR) is 110 cm³/mol. The van der Waals surface area contributed by atoms with E-state index >= 15 is 0 Å². The standard InChI is InChI=1S/C19H10BrClN4S/c20-11-7-8-15(12(21)10-11)25-18(16-6-3-9-26-16)24-17-19(25)23-14-5-2-1-4-13(14)22-17/h1-10H.